The Hall–Kier alpha value is -1.14. The van der Waals surface area contributed by atoms with E-state index in [1.165, 1.54) is 16.9 Å². The van der Waals surface area contributed by atoms with Gasteiger partial charge in [0.1, 0.15) is 10.7 Å². The summed E-state index contributed by atoms with van der Waals surface area (Å²) in [5, 5.41) is 6.07. The zero-order valence-electron chi connectivity index (χ0n) is 13.1. The monoisotopic (exact) mass is 373 g/mol. The van der Waals surface area contributed by atoms with E-state index in [0.717, 1.165) is 30.2 Å². The lowest BCUT2D eigenvalue weighted by molar-refractivity contribution is 0.0650. The van der Waals surface area contributed by atoms with Gasteiger partial charge in [-0.25, -0.2) is 4.98 Å². The van der Waals surface area contributed by atoms with E-state index in [9.17, 15) is 4.79 Å². The van der Waals surface area contributed by atoms with Crippen LogP contribution in [0.1, 0.15) is 23.0 Å². The highest BCUT2D eigenvalue weighted by Crippen LogP contribution is 2.25. The number of nitrogens with zero attached hydrogens (tertiary/aromatic N) is 2. The average Bonchev–Trinajstić information content (AvgIpc) is 2.98. The fraction of sp³-hybridized carbons (Fsp3) is 0.375. The molecule has 23 heavy (non-hydrogen) atoms. The van der Waals surface area contributed by atoms with Gasteiger partial charge in [0.15, 0.2) is 0 Å². The molecule has 2 heterocycles. The van der Waals surface area contributed by atoms with Crippen LogP contribution in [0.2, 0.25) is 0 Å². The topological polar surface area (TPSA) is 45.2 Å². The van der Waals surface area contributed by atoms with E-state index < -0.39 is 0 Å². The number of nitrogens with one attached hydrogen (secondary N) is 1. The van der Waals surface area contributed by atoms with Crippen LogP contribution in [0.15, 0.2) is 29.6 Å². The molecule has 0 saturated carbocycles. The van der Waals surface area contributed by atoms with Gasteiger partial charge in [-0.05, 0) is 13.8 Å². The van der Waals surface area contributed by atoms with Gasteiger partial charge in [0.05, 0.1) is 0 Å². The van der Waals surface area contributed by atoms with Crippen molar-refractivity contribution in [1.29, 1.82) is 0 Å². The molecule has 1 amide bonds. The van der Waals surface area contributed by atoms with Gasteiger partial charge in [-0.15, -0.1) is 36.2 Å². The van der Waals surface area contributed by atoms with Crippen molar-refractivity contribution in [2.75, 3.05) is 19.6 Å². The first kappa shape index (κ1) is 19.9. The van der Waals surface area contributed by atoms with E-state index >= 15 is 0 Å². The fourth-order valence-electron chi connectivity index (χ4n) is 2.49. The standard InChI is InChI=1S/C16H19N3OS.2ClH/c1-11-3-5-13(6-4-11)15-18-14(10-21-15)16(20)19-8-7-17-9-12(19)2;;/h3-6,10,12,17H,7-9H2,1-2H3;2*1H/t12-;;/m1../s1. The van der Waals surface area contributed by atoms with Crippen LogP contribution >= 0.6 is 36.2 Å². The zero-order valence-corrected chi connectivity index (χ0v) is 15.6. The third-order valence-corrected chi connectivity index (χ3v) is 4.68. The Morgan fingerprint density at radius 3 is 2.65 bits per heavy atom. The Morgan fingerprint density at radius 1 is 1.30 bits per heavy atom. The summed E-state index contributed by atoms with van der Waals surface area (Å²) in [4.78, 5) is 19.0. The first-order chi connectivity index (χ1) is 10.1. The number of aryl methyl sites for hydroxylation is 1. The summed E-state index contributed by atoms with van der Waals surface area (Å²) in [5.74, 6) is 0.0404. The molecular formula is C16H21Cl2N3OS. The van der Waals surface area contributed by atoms with Crippen molar-refractivity contribution in [3.8, 4) is 10.6 Å². The highest BCUT2D eigenvalue weighted by atomic mass is 35.5. The Labute approximate surface area is 153 Å². The number of hydrogen-bond acceptors (Lipinski definition) is 4. The zero-order chi connectivity index (χ0) is 14.8. The van der Waals surface area contributed by atoms with Gasteiger partial charge in [-0.2, -0.15) is 0 Å². The summed E-state index contributed by atoms with van der Waals surface area (Å²) >= 11 is 1.53. The van der Waals surface area contributed by atoms with Gasteiger partial charge in [0.25, 0.3) is 5.91 Å². The number of amides is 1. The number of piperazine rings is 1. The van der Waals surface area contributed by atoms with Crippen molar-refractivity contribution < 1.29 is 4.79 Å². The number of benzene rings is 1. The molecule has 1 aromatic heterocycles. The van der Waals surface area contributed by atoms with Crippen LogP contribution in [0.3, 0.4) is 0 Å². The number of aromatic nitrogens is 1. The van der Waals surface area contributed by atoms with E-state index in [1.807, 2.05) is 10.3 Å². The number of carbonyl (C=O) groups is 1. The van der Waals surface area contributed by atoms with Crippen LogP contribution in [-0.4, -0.2) is 41.5 Å². The fourth-order valence-corrected chi connectivity index (χ4v) is 3.29. The number of hydrogen-bond donors (Lipinski definition) is 1. The maximum absolute atomic E-state index is 12.6. The second-order valence-corrected chi connectivity index (χ2v) is 6.31. The summed E-state index contributed by atoms with van der Waals surface area (Å²) in [7, 11) is 0. The maximum Gasteiger partial charge on any atom is 0.273 e. The van der Waals surface area contributed by atoms with Gasteiger partial charge in [-0.3, -0.25) is 4.79 Å². The minimum Gasteiger partial charge on any atom is -0.332 e. The minimum atomic E-state index is 0. The minimum absolute atomic E-state index is 0. The maximum atomic E-state index is 12.6. The number of halogens is 2. The molecule has 7 heteroatoms. The molecule has 2 aromatic rings. The van der Waals surface area contributed by atoms with E-state index in [0.29, 0.717) is 5.69 Å². The second kappa shape index (κ2) is 8.64. The molecule has 126 valence electrons. The molecule has 1 aromatic carbocycles. The quantitative estimate of drug-likeness (QED) is 0.877. The Kier molecular flexibility index (Phi) is 7.48. The Morgan fingerprint density at radius 2 is 2.00 bits per heavy atom. The molecule has 1 saturated heterocycles. The second-order valence-electron chi connectivity index (χ2n) is 5.46. The van der Waals surface area contributed by atoms with Crippen LogP contribution < -0.4 is 5.32 Å². The molecule has 3 rings (SSSR count). The highest BCUT2D eigenvalue weighted by molar-refractivity contribution is 7.13. The molecule has 0 aliphatic carbocycles. The van der Waals surface area contributed by atoms with Crippen molar-refractivity contribution in [3.05, 3.63) is 40.9 Å². The van der Waals surface area contributed by atoms with Crippen LogP contribution in [0.25, 0.3) is 10.6 Å². The number of rotatable bonds is 2. The summed E-state index contributed by atoms with van der Waals surface area (Å²) < 4.78 is 0. The lowest BCUT2D eigenvalue weighted by Gasteiger charge is -2.33. The van der Waals surface area contributed by atoms with Crippen LogP contribution in [0, 0.1) is 6.92 Å². The van der Waals surface area contributed by atoms with E-state index in [1.54, 1.807) is 0 Å². The van der Waals surface area contributed by atoms with E-state index in [2.05, 4.69) is 48.4 Å². The van der Waals surface area contributed by atoms with Gasteiger partial charge < -0.3 is 10.2 Å². The predicted octanol–water partition coefficient (Wildman–Crippen LogP) is 3.40. The summed E-state index contributed by atoms with van der Waals surface area (Å²) in [6.45, 7) is 6.58. The molecule has 1 atom stereocenters. The normalized spacial score (nSPS) is 17.1. The Balaban J connectivity index is 0.00000132. The van der Waals surface area contributed by atoms with Crippen LogP contribution in [-0.2, 0) is 0 Å². The first-order valence-corrected chi connectivity index (χ1v) is 8.07. The SMILES string of the molecule is Cc1ccc(-c2nc(C(=O)N3CCNC[C@H]3C)cs2)cc1.Cl.Cl. The van der Waals surface area contributed by atoms with Gasteiger partial charge >= 0.3 is 0 Å². The average molecular weight is 374 g/mol. The lowest BCUT2D eigenvalue weighted by Crippen LogP contribution is -2.52. The molecule has 1 aliphatic rings. The van der Waals surface area contributed by atoms with Crippen molar-refractivity contribution in [3.63, 3.8) is 0 Å². The Bertz CT molecular complexity index is 645. The lowest BCUT2D eigenvalue weighted by atomic mass is 10.1. The van der Waals surface area contributed by atoms with E-state index in [-0.39, 0.29) is 36.8 Å². The van der Waals surface area contributed by atoms with Gasteiger partial charge in [0, 0.05) is 36.6 Å². The van der Waals surface area contributed by atoms with Gasteiger partial charge in [-0.1, -0.05) is 29.8 Å². The molecule has 4 nitrogen and oxygen atoms in total. The molecule has 1 fully saturated rings. The first-order valence-electron chi connectivity index (χ1n) is 7.19. The molecule has 0 radical (unpaired) electrons. The summed E-state index contributed by atoms with van der Waals surface area (Å²) in [6.07, 6.45) is 0. The summed E-state index contributed by atoms with van der Waals surface area (Å²) in [6, 6.07) is 8.45. The van der Waals surface area contributed by atoms with Crippen LogP contribution in [0.4, 0.5) is 0 Å². The van der Waals surface area contributed by atoms with Gasteiger partial charge in [0.2, 0.25) is 0 Å². The van der Waals surface area contributed by atoms with Crippen molar-refractivity contribution in [2.24, 2.45) is 0 Å². The molecule has 0 bridgehead atoms. The smallest absolute Gasteiger partial charge is 0.273 e. The third-order valence-electron chi connectivity index (χ3n) is 3.78. The molecular weight excluding hydrogens is 353 g/mol. The number of thiazole rings is 1. The molecule has 0 unspecified atom stereocenters. The molecule has 1 aliphatic heterocycles. The highest BCUT2D eigenvalue weighted by Gasteiger charge is 2.25. The van der Waals surface area contributed by atoms with Crippen molar-refractivity contribution in [2.45, 2.75) is 19.9 Å². The third kappa shape index (κ3) is 4.44. The van der Waals surface area contributed by atoms with E-state index in [4.69, 9.17) is 0 Å². The van der Waals surface area contributed by atoms with Crippen molar-refractivity contribution >= 4 is 42.1 Å². The van der Waals surface area contributed by atoms with Crippen LogP contribution in [0.5, 0.6) is 0 Å². The summed E-state index contributed by atoms with van der Waals surface area (Å²) in [5.41, 5.74) is 2.85. The molecule has 1 N–H and O–H groups in total. The number of carbonyl (C=O) groups excluding carboxylic acids is 1. The molecule has 0 spiro atoms. The largest absolute Gasteiger partial charge is 0.332 e. The predicted molar refractivity (Wildman–Crippen MR) is 100 cm³/mol. The van der Waals surface area contributed by atoms with Crippen molar-refractivity contribution in [1.82, 2.24) is 15.2 Å².